The lowest BCUT2D eigenvalue weighted by Crippen LogP contribution is -2.51. The third-order valence-corrected chi connectivity index (χ3v) is 17.4. The summed E-state index contributed by atoms with van der Waals surface area (Å²) in [5.74, 6) is 0. The zero-order chi connectivity index (χ0) is 31.0. The van der Waals surface area contributed by atoms with Gasteiger partial charge in [0, 0.05) is 39.6 Å². The van der Waals surface area contributed by atoms with Gasteiger partial charge >= 0.3 is 17.6 Å². The van der Waals surface area contributed by atoms with Crippen molar-refractivity contribution in [2.24, 2.45) is 0 Å². The monoisotopic (exact) mass is 670 g/mol. The van der Waals surface area contributed by atoms with Gasteiger partial charge in [0.25, 0.3) is 0 Å². The second kappa shape index (κ2) is 31.9. The summed E-state index contributed by atoms with van der Waals surface area (Å²) in [5, 5.41) is 1.49. The second-order valence-corrected chi connectivity index (χ2v) is 19.9. The summed E-state index contributed by atoms with van der Waals surface area (Å²) in [5.41, 5.74) is 0. The van der Waals surface area contributed by atoms with Crippen molar-refractivity contribution in [2.45, 2.75) is 157 Å². The molecule has 0 aromatic heterocycles. The Morgan fingerprint density at radius 1 is 0.310 bits per heavy atom. The van der Waals surface area contributed by atoms with Crippen LogP contribution in [0.15, 0.2) is 0 Å². The maximum absolute atomic E-state index is 6.58. The molecule has 0 saturated heterocycles. The Bertz CT molecular complexity index is 443. The van der Waals surface area contributed by atoms with Crippen LogP contribution < -0.4 is 0 Å². The van der Waals surface area contributed by atoms with Crippen LogP contribution in [-0.2, 0) is 26.6 Å². The SMILES string of the molecule is CCCCCO[Si](CSSC[Si](OCCCCC)(OCCCCC)OCCCCC)(OCCCCC)OCCCCC. The molecule has 0 radical (unpaired) electrons. The van der Waals surface area contributed by atoms with Crippen LogP contribution in [0.25, 0.3) is 0 Å². The van der Waals surface area contributed by atoms with Crippen molar-refractivity contribution in [3.63, 3.8) is 0 Å². The molecule has 0 saturated carbocycles. The zero-order valence-electron chi connectivity index (χ0n) is 28.7. The number of rotatable bonds is 35. The van der Waals surface area contributed by atoms with Crippen LogP contribution in [0.4, 0.5) is 0 Å². The summed E-state index contributed by atoms with van der Waals surface area (Å²) in [7, 11) is -2.01. The molecule has 42 heavy (non-hydrogen) atoms. The van der Waals surface area contributed by atoms with Crippen molar-refractivity contribution >= 4 is 39.2 Å². The van der Waals surface area contributed by atoms with Gasteiger partial charge in [-0.15, -0.1) is 0 Å². The average Bonchev–Trinajstić information content (AvgIpc) is 3.00. The highest BCUT2D eigenvalue weighted by molar-refractivity contribution is 8.77. The van der Waals surface area contributed by atoms with Crippen LogP contribution >= 0.6 is 21.6 Å². The normalized spacial score (nSPS) is 12.4. The number of hydrogen-bond donors (Lipinski definition) is 0. The molecule has 0 aromatic rings. The van der Waals surface area contributed by atoms with Crippen molar-refractivity contribution < 1.29 is 26.6 Å². The molecule has 6 nitrogen and oxygen atoms in total. The molecule has 0 amide bonds. The van der Waals surface area contributed by atoms with Gasteiger partial charge in [-0.25, -0.2) is 0 Å². The Kier molecular flexibility index (Phi) is 32.5. The lowest BCUT2D eigenvalue weighted by Gasteiger charge is -2.31. The van der Waals surface area contributed by atoms with Crippen molar-refractivity contribution in [1.29, 1.82) is 0 Å². The largest absolute Gasteiger partial charge is 0.512 e. The Labute approximate surface area is 272 Å². The van der Waals surface area contributed by atoms with Crippen molar-refractivity contribution in [3.8, 4) is 0 Å². The summed E-state index contributed by atoms with van der Waals surface area (Å²) in [6.45, 7) is 17.7. The van der Waals surface area contributed by atoms with E-state index in [0.29, 0.717) is 39.6 Å². The van der Waals surface area contributed by atoms with E-state index < -0.39 is 17.6 Å². The predicted molar refractivity (Wildman–Crippen MR) is 189 cm³/mol. The molecule has 0 aliphatic rings. The van der Waals surface area contributed by atoms with E-state index in [4.69, 9.17) is 26.6 Å². The molecule has 0 aliphatic heterocycles. The first-order valence-corrected chi connectivity index (χ1v) is 24.0. The van der Waals surface area contributed by atoms with Crippen molar-refractivity contribution in [2.75, 3.05) is 50.4 Å². The van der Waals surface area contributed by atoms with Gasteiger partial charge in [0.05, 0.1) is 10.8 Å². The first-order chi connectivity index (χ1) is 20.6. The van der Waals surface area contributed by atoms with E-state index in [2.05, 4.69) is 41.5 Å². The molecule has 0 rings (SSSR count). The minimum atomic E-state index is -2.82. The molecule has 0 aliphatic carbocycles. The van der Waals surface area contributed by atoms with Crippen LogP contribution in [0, 0.1) is 0 Å². The van der Waals surface area contributed by atoms with Gasteiger partial charge in [-0.2, -0.15) is 0 Å². The van der Waals surface area contributed by atoms with Crippen LogP contribution in [0.1, 0.15) is 157 Å². The summed E-state index contributed by atoms with van der Waals surface area (Å²) >= 11 is 0. The van der Waals surface area contributed by atoms with E-state index in [9.17, 15) is 0 Å². The Morgan fingerprint density at radius 2 is 0.500 bits per heavy atom. The summed E-state index contributed by atoms with van der Waals surface area (Å²) in [4.78, 5) is 0. The molecule has 0 unspecified atom stereocenters. The molecule has 0 N–H and O–H groups in total. The van der Waals surface area contributed by atoms with Gasteiger partial charge in [-0.05, 0) is 38.5 Å². The van der Waals surface area contributed by atoms with E-state index in [1.54, 1.807) is 0 Å². The zero-order valence-corrected chi connectivity index (χ0v) is 32.3. The molecule has 0 aromatic carbocycles. The van der Waals surface area contributed by atoms with Crippen LogP contribution in [0.5, 0.6) is 0 Å². The van der Waals surface area contributed by atoms with Gasteiger partial charge < -0.3 is 26.6 Å². The summed E-state index contributed by atoms with van der Waals surface area (Å²) < 4.78 is 39.5. The van der Waals surface area contributed by atoms with Gasteiger partial charge in [-0.1, -0.05) is 140 Å². The van der Waals surface area contributed by atoms with Crippen LogP contribution in [-0.4, -0.2) is 68.0 Å². The van der Waals surface area contributed by atoms with E-state index in [0.717, 1.165) is 49.3 Å². The Hall–Kier alpha value is 0.894. The first kappa shape index (κ1) is 42.9. The first-order valence-electron chi connectivity index (χ1n) is 17.7. The molecule has 0 atom stereocenters. The summed E-state index contributed by atoms with van der Waals surface area (Å²) in [6, 6.07) is 0. The van der Waals surface area contributed by atoms with Gasteiger partial charge in [0.2, 0.25) is 0 Å². The van der Waals surface area contributed by atoms with Gasteiger partial charge in [0.1, 0.15) is 0 Å². The molecular weight excluding hydrogens is 601 g/mol. The standard InChI is InChI=1S/C32H70O6S2Si2/c1-7-13-19-25-33-41(34-26-20-14-8-2,35-27-21-15-9-3)31-39-40-32-42(36-28-22-16-10-4,37-29-23-17-11-5)38-30-24-18-12-6/h7-32H2,1-6H3. The Morgan fingerprint density at radius 3 is 0.667 bits per heavy atom. The average molecular weight is 671 g/mol. The quantitative estimate of drug-likeness (QED) is 0.0375. The third kappa shape index (κ3) is 24.2. The number of hydrogen-bond acceptors (Lipinski definition) is 8. The molecule has 0 spiro atoms. The maximum Gasteiger partial charge on any atom is 0.512 e. The molecule has 0 bridgehead atoms. The summed E-state index contributed by atoms with van der Waals surface area (Å²) in [6.07, 6.45) is 20.4. The van der Waals surface area contributed by atoms with Crippen molar-refractivity contribution in [1.82, 2.24) is 0 Å². The lowest BCUT2D eigenvalue weighted by molar-refractivity contribution is 0.0602. The minimum absolute atomic E-state index is 0.715. The topological polar surface area (TPSA) is 55.4 Å². The van der Waals surface area contributed by atoms with E-state index in [-0.39, 0.29) is 0 Å². The predicted octanol–water partition coefficient (Wildman–Crippen LogP) is 10.6. The fraction of sp³-hybridized carbons (Fsp3) is 1.00. The molecule has 10 heteroatoms. The highest BCUT2D eigenvalue weighted by atomic mass is 33.1. The molecule has 0 heterocycles. The van der Waals surface area contributed by atoms with Crippen LogP contribution in [0.2, 0.25) is 0 Å². The van der Waals surface area contributed by atoms with Gasteiger partial charge in [-0.3, -0.25) is 0 Å². The highest BCUT2D eigenvalue weighted by Gasteiger charge is 2.44. The maximum atomic E-state index is 6.58. The van der Waals surface area contributed by atoms with E-state index in [1.807, 2.05) is 21.6 Å². The minimum Gasteiger partial charge on any atom is -0.373 e. The van der Waals surface area contributed by atoms with Crippen molar-refractivity contribution in [3.05, 3.63) is 0 Å². The number of unbranched alkanes of at least 4 members (excludes halogenated alkanes) is 12. The van der Waals surface area contributed by atoms with E-state index >= 15 is 0 Å². The molecule has 0 fully saturated rings. The smallest absolute Gasteiger partial charge is 0.373 e. The fourth-order valence-corrected chi connectivity index (χ4v) is 15.4. The lowest BCUT2D eigenvalue weighted by atomic mass is 10.3. The van der Waals surface area contributed by atoms with E-state index in [1.165, 1.54) is 77.0 Å². The Balaban J connectivity index is 5.53. The second-order valence-electron chi connectivity index (χ2n) is 11.2. The fourth-order valence-electron chi connectivity index (χ4n) is 4.21. The third-order valence-electron chi connectivity index (χ3n) is 6.97. The molecular formula is C32H70O6S2Si2. The van der Waals surface area contributed by atoms with Crippen LogP contribution in [0.3, 0.4) is 0 Å². The molecule has 254 valence electrons. The van der Waals surface area contributed by atoms with Gasteiger partial charge in [0.15, 0.2) is 0 Å². The highest BCUT2D eigenvalue weighted by Crippen LogP contribution is 2.32.